The van der Waals surface area contributed by atoms with Gasteiger partial charge in [-0.3, -0.25) is 4.57 Å². The molecular weight excluding hydrogens is 584 g/mol. The number of benzene rings is 2. The van der Waals surface area contributed by atoms with Gasteiger partial charge in [-0.1, -0.05) is 72.7 Å². The van der Waals surface area contributed by atoms with E-state index in [1.807, 2.05) is 43.3 Å². The van der Waals surface area contributed by atoms with E-state index in [0.717, 1.165) is 31.4 Å². The number of hydrogen-bond acceptors (Lipinski definition) is 11. The Bertz CT molecular complexity index is 1700. The van der Waals surface area contributed by atoms with Crippen LogP contribution in [0, 0.1) is 0 Å². The highest BCUT2D eigenvalue weighted by atomic mass is 16.6. The van der Waals surface area contributed by atoms with Crippen molar-refractivity contribution in [2.45, 2.75) is 81.6 Å². The van der Waals surface area contributed by atoms with Gasteiger partial charge >= 0.3 is 0 Å². The van der Waals surface area contributed by atoms with E-state index in [1.54, 1.807) is 17.0 Å². The fourth-order valence-corrected chi connectivity index (χ4v) is 6.49. The molecule has 1 saturated heterocycles. The number of ether oxygens (including phenoxy) is 1. The van der Waals surface area contributed by atoms with Crippen molar-refractivity contribution < 1.29 is 19.5 Å². The maximum Gasteiger partial charge on any atom is 0.227 e. The van der Waals surface area contributed by atoms with Gasteiger partial charge in [-0.05, 0) is 43.2 Å². The Morgan fingerprint density at radius 2 is 1.65 bits per heavy atom. The number of anilines is 2. The number of nitrogens with zero attached hydrogens (tertiary/aromatic N) is 5. The topological polar surface area (TPSA) is 169 Å². The first kappa shape index (κ1) is 30.3. The molecule has 12 nitrogen and oxygen atoms in total. The molecule has 5 aromatic rings. The first-order valence-corrected chi connectivity index (χ1v) is 16.1. The van der Waals surface area contributed by atoms with E-state index in [2.05, 4.69) is 45.0 Å². The summed E-state index contributed by atoms with van der Waals surface area (Å²) in [7, 11) is 0. The number of imidazole rings is 1. The summed E-state index contributed by atoms with van der Waals surface area (Å²) < 4.78 is 13.3. The fourth-order valence-electron chi connectivity index (χ4n) is 6.49. The number of hydrogen-bond donors (Lipinski definition) is 5. The van der Waals surface area contributed by atoms with Crippen LogP contribution in [0.2, 0.25) is 0 Å². The minimum atomic E-state index is -1.26. The summed E-state index contributed by atoms with van der Waals surface area (Å²) in [6, 6.07) is 22.9. The molecule has 0 bridgehead atoms. The van der Waals surface area contributed by atoms with Crippen LogP contribution in [0.3, 0.4) is 0 Å². The zero-order valence-electron chi connectivity index (χ0n) is 25.7. The molecule has 0 amide bonds. The van der Waals surface area contributed by atoms with E-state index >= 15 is 0 Å². The Morgan fingerprint density at radius 1 is 0.957 bits per heavy atom. The average molecular weight is 625 g/mol. The van der Waals surface area contributed by atoms with Crippen LogP contribution < -0.4 is 16.4 Å². The number of rotatable bonds is 10. The van der Waals surface area contributed by atoms with Crippen LogP contribution in [-0.4, -0.2) is 65.7 Å². The predicted molar refractivity (Wildman–Crippen MR) is 173 cm³/mol. The van der Waals surface area contributed by atoms with Gasteiger partial charge in [0.2, 0.25) is 5.95 Å². The van der Waals surface area contributed by atoms with E-state index < -0.39 is 24.5 Å². The standard InChI is InChI=1S/C34H40N8O4/c1-2-23-17-26(46-41-23)30-28(43)29(44)33(45-30)42-19-37-27-31(39-34(40-32(27)42)38-24-15-13-22(35)14-16-24)36-18-25(20-9-5-3-6-10-20)21-11-7-4-8-12-21/h3-12,17,19,22,24-25,28-30,33,43-44H,2,13-16,18,35H2,1H3,(H2,36,38,39,40)/t22-,24-,28-,29+,30+,33+/m0/s1. The van der Waals surface area contributed by atoms with Crippen molar-refractivity contribution in [1.82, 2.24) is 24.7 Å². The van der Waals surface area contributed by atoms with E-state index in [9.17, 15) is 10.2 Å². The lowest BCUT2D eigenvalue weighted by molar-refractivity contribution is -0.0434. The van der Waals surface area contributed by atoms with Crippen LogP contribution in [0.1, 0.15) is 73.4 Å². The molecule has 4 heterocycles. The van der Waals surface area contributed by atoms with Crippen LogP contribution in [0.15, 0.2) is 77.6 Å². The normalized spacial score (nSPS) is 24.9. The highest BCUT2D eigenvalue weighted by Gasteiger charge is 2.47. The molecule has 1 aliphatic heterocycles. The highest BCUT2D eigenvalue weighted by Crippen LogP contribution is 2.40. The van der Waals surface area contributed by atoms with Crippen LogP contribution in [0.4, 0.5) is 11.8 Å². The van der Waals surface area contributed by atoms with Crippen molar-refractivity contribution in [3.63, 3.8) is 0 Å². The number of aromatic nitrogens is 5. The van der Waals surface area contributed by atoms with E-state index in [1.165, 1.54) is 11.1 Å². The van der Waals surface area contributed by atoms with Crippen LogP contribution in [0.25, 0.3) is 11.2 Å². The van der Waals surface area contributed by atoms with Crippen molar-refractivity contribution in [3.8, 4) is 0 Å². The Balaban J connectivity index is 1.23. The van der Waals surface area contributed by atoms with Gasteiger partial charge in [0.05, 0.1) is 12.0 Å². The molecule has 0 unspecified atom stereocenters. The molecule has 7 rings (SSSR count). The molecule has 3 aromatic heterocycles. The zero-order chi connectivity index (χ0) is 31.6. The predicted octanol–water partition coefficient (Wildman–Crippen LogP) is 4.29. The van der Waals surface area contributed by atoms with E-state index in [-0.39, 0.29) is 18.0 Å². The first-order valence-electron chi connectivity index (χ1n) is 16.1. The van der Waals surface area contributed by atoms with Crippen molar-refractivity contribution in [3.05, 3.63) is 95.6 Å². The lowest BCUT2D eigenvalue weighted by Crippen LogP contribution is -2.33. The number of nitrogens with two attached hydrogens (primary N) is 1. The van der Waals surface area contributed by atoms with Gasteiger partial charge in [0.25, 0.3) is 0 Å². The Morgan fingerprint density at radius 3 is 2.30 bits per heavy atom. The summed E-state index contributed by atoms with van der Waals surface area (Å²) in [5.74, 6) is 1.42. The van der Waals surface area contributed by atoms with Crippen LogP contribution in [0.5, 0.6) is 0 Å². The molecule has 0 radical (unpaired) electrons. The number of nitrogens with one attached hydrogen (secondary N) is 2. The molecule has 2 aromatic carbocycles. The number of aliphatic hydroxyl groups is 2. The maximum atomic E-state index is 11.2. The molecule has 1 saturated carbocycles. The van der Waals surface area contributed by atoms with Gasteiger partial charge in [-0.15, -0.1) is 0 Å². The molecule has 240 valence electrons. The van der Waals surface area contributed by atoms with E-state index in [4.69, 9.17) is 25.0 Å². The molecule has 46 heavy (non-hydrogen) atoms. The minimum absolute atomic E-state index is 0.0524. The quantitative estimate of drug-likeness (QED) is 0.150. The lowest BCUT2D eigenvalue weighted by Gasteiger charge is -2.27. The Hall–Kier alpha value is -4.36. The summed E-state index contributed by atoms with van der Waals surface area (Å²) >= 11 is 0. The minimum Gasteiger partial charge on any atom is -0.387 e. The summed E-state index contributed by atoms with van der Waals surface area (Å²) in [5.41, 5.74) is 10.2. The molecule has 12 heteroatoms. The number of aryl methyl sites for hydroxylation is 1. The first-order chi connectivity index (χ1) is 22.5. The second-order valence-electron chi connectivity index (χ2n) is 12.2. The maximum absolute atomic E-state index is 11.2. The summed E-state index contributed by atoms with van der Waals surface area (Å²) in [5, 5.41) is 33.3. The third-order valence-corrected chi connectivity index (χ3v) is 9.14. The van der Waals surface area contributed by atoms with Crippen molar-refractivity contribution in [2.24, 2.45) is 5.73 Å². The smallest absolute Gasteiger partial charge is 0.227 e. The third kappa shape index (κ3) is 6.08. The average Bonchev–Trinajstić information content (AvgIpc) is 3.81. The molecule has 2 fully saturated rings. The Kier molecular flexibility index (Phi) is 8.67. The number of aliphatic hydroxyl groups excluding tert-OH is 2. The van der Waals surface area contributed by atoms with Gasteiger partial charge in [-0.2, -0.15) is 9.97 Å². The highest BCUT2D eigenvalue weighted by molar-refractivity contribution is 5.84. The largest absolute Gasteiger partial charge is 0.387 e. The van der Waals surface area contributed by atoms with Crippen molar-refractivity contribution in [1.29, 1.82) is 0 Å². The van der Waals surface area contributed by atoms with Gasteiger partial charge in [0.15, 0.2) is 29.0 Å². The van der Waals surface area contributed by atoms with Crippen molar-refractivity contribution >= 4 is 22.9 Å². The Labute approximate surface area is 267 Å². The SMILES string of the molecule is CCc1cc([C@H]2O[C@@H](n3cnc4c(NCC(c5ccccc5)c5ccccc5)nc(N[C@H]5CC[C@H](N)CC5)nc43)[C@H](O)[C@@H]2O)on1. The molecule has 0 spiro atoms. The van der Waals surface area contributed by atoms with E-state index in [0.29, 0.717) is 41.7 Å². The monoisotopic (exact) mass is 624 g/mol. The van der Waals surface area contributed by atoms with Gasteiger partial charge < -0.3 is 35.8 Å². The number of fused-ring (bicyclic) bond motifs is 1. The van der Waals surface area contributed by atoms with Gasteiger partial charge in [0.1, 0.15) is 18.3 Å². The third-order valence-electron chi connectivity index (χ3n) is 9.14. The summed E-state index contributed by atoms with van der Waals surface area (Å²) in [6.45, 7) is 2.52. The second-order valence-corrected chi connectivity index (χ2v) is 12.2. The van der Waals surface area contributed by atoms with Crippen LogP contribution >= 0.6 is 0 Å². The van der Waals surface area contributed by atoms with Gasteiger partial charge in [-0.25, -0.2) is 4.98 Å². The summed E-state index contributed by atoms with van der Waals surface area (Å²) in [4.78, 5) is 14.5. The fraction of sp³-hybridized carbons (Fsp3) is 0.412. The lowest BCUT2D eigenvalue weighted by atomic mass is 9.91. The molecular formula is C34H40N8O4. The molecule has 4 atom stereocenters. The van der Waals surface area contributed by atoms with Crippen molar-refractivity contribution in [2.75, 3.05) is 17.2 Å². The van der Waals surface area contributed by atoms with Crippen LogP contribution in [-0.2, 0) is 11.2 Å². The molecule has 2 aliphatic rings. The molecule has 1 aliphatic carbocycles. The summed E-state index contributed by atoms with van der Waals surface area (Å²) in [6.07, 6.45) is 1.59. The van der Waals surface area contributed by atoms with Gasteiger partial charge in [0, 0.05) is 30.6 Å². The molecule has 6 N–H and O–H groups in total. The second kappa shape index (κ2) is 13.2. The zero-order valence-corrected chi connectivity index (χ0v) is 25.7.